The summed E-state index contributed by atoms with van der Waals surface area (Å²) in [6.45, 7) is 3.16. The van der Waals surface area contributed by atoms with Gasteiger partial charge in [0.25, 0.3) is 5.17 Å². The molecule has 25 heavy (non-hydrogen) atoms. The van der Waals surface area contributed by atoms with Gasteiger partial charge < -0.3 is 25.4 Å². The molecule has 0 aliphatic heterocycles. The highest BCUT2D eigenvalue weighted by molar-refractivity contribution is 7.80. The topological polar surface area (TPSA) is 99.0 Å². The standard InChI is InChI=1S/C18H31NO5S/c1-2-3-10-19-18(25)24-12-14-13(15(20)11-16(14)21)8-6-4-5-7-9-17(22)23/h4,6,13-16,20-21H,2-3,5,7-12H2,1H3,(H,19,25)(H,22,23)/b6-4-/t13-,14-,15?,16?/m1/s1. The minimum atomic E-state index is -0.788. The van der Waals surface area contributed by atoms with E-state index in [-0.39, 0.29) is 24.9 Å². The van der Waals surface area contributed by atoms with Crippen LogP contribution in [0.5, 0.6) is 0 Å². The monoisotopic (exact) mass is 373 g/mol. The molecule has 0 aromatic heterocycles. The van der Waals surface area contributed by atoms with Crippen molar-refractivity contribution >= 4 is 23.4 Å². The maximum atomic E-state index is 10.5. The number of carboxylic acid groups (broad SMARTS) is 1. The summed E-state index contributed by atoms with van der Waals surface area (Å²) < 4.78 is 5.55. The average Bonchev–Trinajstić information content (AvgIpc) is 2.82. The molecule has 0 heterocycles. The SMILES string of the molecule is CCCCNC(=S)OC[C@H]1C(O)CC(O)[C@@H]1C/C=C\CCCC(=O)O. The van der Waals surface area contributed by atoms with Crippen LogP contribution in [0.15, 0.2) is 12.2 Å². The number of hydrogen-bond acceptors (Lipinski definition) is 5. The highest BCUT2D eigenvalue weighted by Crippen LogP contribution is 2.35. The van der Waals surface area contributed by atoms with Gasteiger partial charge in [-0.25, -0.2) is 0 Å². The van der Waals surface area contributed by atoms with Gasteiger partial charge in [-0.2, -0.15) is 0 Å². The summed E-state index contributed by atoms with van der Waals surface area (Å²) in [5.74, 6) is -1.03. The van der Waals surface area contributed by atoms with Gasteiger partial charge in [-0.15, -0.1) is 0 Å². The van der Waals surface area contributed by atoms with Crippen LogP contribution in [0.2, 0.25) is 0 Å². The van der Waals surface area contributed by atoms with Gasteiger partial charge in [-0.05, 0) is 50.2 Å². The Balaban J connectivity index is 2.38. The summed E-state index contributed by atoms with van der Waals surface area (Å²) in [6, 6.07) is 0. The maximum Gasteiger partial charge on any atom is 0.303 e. The van der Waals surface area contributed by atoms with Gasteiger partial charge in [0, 0.05) is 18.9 Å². The van der Waals surface area contributed by atoms with Crippen molar-refractivity contribution in [3.05, 3.63) is 12.2 Å². The van der Waals surface area contributed by atoms with E-state index in [0.29, 0.717) is 30.9 Å². The number of ether oxygens (including phenoxy) is 1. The average molecular weight is 374 g/mol. The summed E-state index contributed by atoms with van der Waals surface area (Å²) in [4.78, 5) is 10.5. The molecule has 1 saturated carbocycles. The molecule has 7 heteroatoms. The highest BCUT2D eigenvalue weighted by atomic mass is 32.1. The Morgan fingerprint density at radius 2 is 1.96 bits per heavy atom. The number of hydrogen-bond donors (Lipinski definition) is 4. The number of thiocarbonyl (C=S) groups is 1. The second-order valence-electron chi connectivity index (χ2n) is 6.57. The fourth-order valence-electron chi connectivity index (χ4n) is 3.07. The predicted molar refractivity (Wildman–Crippen MR) is 100 cm³/mol. The second kappa shape index (κ2) is 12.2. The van der Waals surface area contributed by atoms with E-state index in [0.717, 1.165) is 19.4 Å². The van der Waals surface area contributed by atoms with Crippen LogP contribution < -0.4 is 5.32 Å². The van der Waals surface area contributed by atoms with Crippen molar-refractivity contribution in [2.24, 2.45) is 11.8 Å². The summed E-state index contributed by atoms with van der Waals surface area (Å²) in [5, 5.41) is 32.3. The van der Waals surface area contributed by atoms with Gasteiger partial charge in [0.2, 0.25) is 0 Å². The number of allylic oxidation sites excluding steroid dienone is 2. The van der Waals surface area contributed by atoms with E-state index in [2.05, 4.69) is 12.2 Å². The fourth-order valence-corrected chi connectivity index (χ4v) is 3.24. The molecule has 1 aliphatic carbocycles. The Morgan fingerprint density at radius 3 is 2.64 bits per heavy atom. The molecule has 4 N–H and O–H groups in total. The van der Waals surface area contributed by atoms with E-state index in [1.54, 1.807) is 0 Å². The summed E-state index contributed by atoms with van der Waals surface area (Å²) in [7, 11) is 0. The quantitative estimate of drug-likeness (QED) is 0.250. The lowest BCUT2D eigenvalue weighted by Crippen LogP contribution is -2.31. The van der Waals surface area contributed by atoms with E-state index >= 15 is 0 Å². The van der Waals surface area contributed by atoms with E-state index < -0.39 is 18.2 Å². The molecule has 1 aliphatic rings. The van der Waals surface area contributed by atoms with Crippen LogP contribution in [0.3, 0.4) is 0 Å². The Kier molecular flexibility index (Phi) is 10.7. The zero-order chi connectivity index (χ0) is 18.7. The van der Waals surface area contributed by atoms with Crippen LogP contribution in [0.1, 0.15) is 51.9 Å². The Hall–Kier alpha value is -1.18. The first-order valence-corrected chi connectivity index (χ1v) is 9.50. The molecule has 0 saturated heterocycles. The zero-order valence-corrected chi connectivity index (χ0v) is 15.7. The summed E-state index contributed by atoms with van der Waals surface area (Å²) >= 11 is 5.13. The van der Waals surface area contributed by atoms with Gasteiger partial charge >= 0.3 is 5.97 Å². The molecule has 1 fully saturated rings. The number of aliphatic hydroxyl groups is 2. The lowest BCUT2D eigenvalue weighted by molar-refractivity contribution is -0.137. The molecule has 144 valence electrons. The molecule has 4 atom stereocenters. The lowest BCUT2D eigenvalue weighted by Gasteiger charge is -2.23. The molecule has 0 aromatic carbocycles. The number of carbonyl (C=O) groups is 1. The van der Waals surface area contributed by atoms with Crippen molar-refractivity contribution in [3.8, 4) is 0 Å². The van der Waals surface area contributed by atoms with E-state index in [4.69, 9.17) is 22.1 Å². The molecule has 0 amide bonds. The largest absolute Gasteiger partial charge is 0.481 e. The molecule has 0 radical (unpaired) electrons. The number of aliphatic carboxylic acids is 1. The molecule has 0 aromatic rings. The predicted octanol–water partition coefficient (Wildman–Crippen LogP) is 2.24. The number of carboxylic acids is 1. The summed E-state index contributed by atoms with van der Waals surface area (Å²) in [5.41, 5.74) is 0. The first kappa shape index (κ1) is 21.9. The fraction of sp³-hybridized carbons (Fsp3) is 0.778. The van der Waals surface area contributed by atoms with Crippen molar-refractivity contribution in [2.45, 2.75) is 64.1 Å². The van der Waals surface area contributed by atoms with E-state index in [1.807, 2.05) is 12.2 Å². The van der Waals surface area contributed by atoms with Gasteiger partial charge in [-0.1, -0.05) is 25.5 Å². The minimum absolute atomic E-state index is 0.0795. The third-order valence-corrected chi connectivity index (χ3v) is 4.83. The lowest BCUT2D eigenvalue weighted by atomic mass is 9.91. The third-order valence-electron chi connectivity index (χ3n) is 4.56. The number of nitrogens with one attached hydrogen (secondary N) is 1. The van der Waals surface area contributed by atoms with Crippen LogP contribution in [0.25, 0.3) is 0 Å². The van der Waals surface area contributed by atoms with Gasteiger partial charge in [-0.3, -0.25) is 4.79 Å². The maximum absolute atomic E-state index is 10.5. The van der Waals surface area contributed by atoms with Crippen molar-refractivity contribution in [1.82, 2.24) is 5.32 Å². The Bertz CT molecular complexity index is 443. The van der Waals surface area contributed by atoms with Crippen LogP contribution in [0.4, 0.5) is 0 Å². The second-order valence-corrected chi connectivity index (χ2v) is 6.94. The first-order chi connectivity index (χ1) is 12.0. The van der Waals surface area contributed by atoms with Crippen LogP contribution >= 0.6 is 12.2 Å². The molecule has 2 unspecified atom stereocenters. The first-order valence-electron chi connectivity index (χ1n) is 9.09. The Morgan fingerprint density at radius 1 is 1.24 bits per heavy atom. The number of rotatable bonds is 11. The molecule has 1 rings (SSSR count). The van der Waals surface area contributed by atoms with Crippen LogP contribution in [-0.4, -0.2) is 51.8 Å². The third kappa shape index (κ3) is 8.65. The Labute approximate surface area is 155 Å². The minimum Gasteiger partial charge on any atom is -0.481 e. The van der Waals surface area contributed by atoms with Gasteiger partial charge in [0.1, 0.15) is 0 Å². The molecular formula is C18H31NO5S. The zero-order valence-electron chi connectivity index (χ0n) is 14.9. The van der Waals surface area contributed by atoms with Gasteiger partial charge in [0.15, 0.2) is 0 Å². The normalized spacial score (nSPS) is 26.0. The van der Waals surface area contributed by atoms with E-state index in [1.165, 1.54) is 0 Å². The number of aliphatic hydroxyl groups excluding tert-OH is 2. The molecule has 0 bridgehead atoms. The van der Waals surface area contributed by atoms with Crippen LogP contribution in [0, 0.1) is 11.8 Å². The van der Waals surface area contributed by atoms with Crippen molar-refractivity contribution in [1.29, 1.82) is 0 Å². The smallest absolute Gasteiger partial charge is 0.303 e. The highest BCUT2D eigenvalue weighted by Gasteiger charge is 2.41. The van der Waals surface area contributed by atoms with E-state index in [9.17, 15) is 15.0 Å². The molecular weight excluding hydrogens is 342 g/mol. The number of unbranched alkanes of at least 4 members (excludes halogenated alkanes) is 2. The summed E-state index contributed by atoms with van der Waals surface area (Å²) in [6.07, 6.45) is 7.27. The van der Waals surface area contributed by atoms with Crippen molar-refractivity contribution < 1.29 is 24.9 Å². The van der Waals surface area contributed by atoms with Crippen LogP contribution in [-0.2, 0) is 9.53 Å². The van der Waals surface area contributed by atoms with Crippen molar-refractivity contribution in [3.63, 3.8) is 0 Å². The van der Waals surface area contributed by atoms with Crippen molar-refractivity contribution in [2.75, 3.05) is 13.2 Å². The molecule has 6 nitrogen and oxygen atoms in total. The van der Waals surface area contributed by atoms with Gasteiger partial charge in [0.05, 0.1) is 18.8 Å². The molecule has 0 spiro atoms.